The maximum atomic E-state index is 13.1. The minimum atomic E-state index is -0.752. The lowest BCUT2D eigenvalue weighted by Gasteiger charge is -2.22. The van der Waals surface area contributed by atoms with E-state index in [0.717, 1.165) is 35.1 Å². The first-order valence-corrected chi connectivity index (χ1v) is 13.2. The highest BCUT2D eigenvalue weighted by molar-refractivity contribution is 8.01. The lowest BCUT2D eigenvalue weighted by molar-refractivity contribution is -0.117. The Balaban J connectivity index is 1.52. The molecule has 4 rings (SSSR count). The highest BCUT2D eigenvalue weighted by Gasteiger charge is 2.32. The second kappa shape index (κ2) is 9.28. The van der Waals surface area contributed by atoms with Crippen LogP contribution in [-0.4, -0.2) is 37.1 Å². The summed E-state index contributed by atoms with van der Waals surface area (Å²) in [6, 6.07) is 8.00. The van der Waals surface area contributed by atoms with Crippen LogP contribution < -0.4 is 5.32 Å². The van der Waals surface area contributed by atoms with Crippen LogP contribution in [0.4, 0.5) is 5.88 Å². The monoisotopic (exact) mass is 498 g/mol. The maximum Gasteiger partial charge on any atom is 0.242 e. The van der Waals surface area contributed by atoms with E-state index in [2.05, 4.69) is 54.0 Å². The number of imidazole rings is 1. The average molecular weight is 499 g/mol. The standard InChI is InChI=1S/C27H38N4O3S/c1-25(2,3)14-22-28-19-12-18(10-11-20(19)31(22)15-17-8-9-17)35-27(6,7)24(33)29-23-13-21(30-34-23)26(4,5)16-32/h10-13,17,32H,8-9,14-16H2,1-7H3,(H,29,33). The fourth-order valence-corrected chi connectivity index (χ4v) is 4.97. The molecule has 190 valence electrons. The number of nitrogens with zero attached hydrogens (tertiary/aromatic N) is 3. The number of hydrogen-bond acceptors (Lipinski definition) is 6. The number of hydrogen-bond donors (Lipinski definition) is 2. The molecule has 0 aliphatic heterocycles. The Morgan fingerprint density at radius 2 is 1.89 bits per heavy atom. The van der Waals surface area contributed by atoms with Crippen LogP contribution in [0.3, 0.4) is 0 Å². The zero-order valence-corrected chi connectivity index (χ0v) is 22.8. The molecule has 2 aromatic heterocycles. The molecule has 0 spiro atoms. The van der Waals surface area contributed by atoms with Gasteiger partial charge in [-0.1, -0.05) is 39.8 Å². The van der Waals surface area contributed by atoms with E-state index in [1.165, 1.54) is 30.1 Å². The van der Waals surface area contributed by atoms with Gasteiger partial charge in [-0.3, -0.25) is 10.1 Å². The molecule has 7 nitrogen and oxygen atoms in total. The Hall–Kier alpha value is -2.32. The smallest absolute Gasteiger partial charge is 0.242 e. The molecule has 1 amide bonds. The van der Waals surface area contributed by atoms with E-state index in [1.54, 1.807) is 6.07 Å². The second-order valence-electron chi connectivity index (χ2n) is 12.2. The van der Waals surface area contributed by atoms with E-state index in [9.17, 15) is 9.90 Å². The van der Waals surface area contributed by atoms with Crippen molar-refractivity contribution in [3.05, 3.63) is 35.8 Å². The highest BCUT2D eigenvalue weighted by atomic mass is 32.2. The number of aromatic nitrogens is 3. The van der Waals surface area contributed by atoms with Gasteiger partial charge in [-0.15, -0.1) is 11.8 Å². The third-order valence-corrected chi connectivity index (χ3v) is 7.57. The molecule has 35 heavy (non-hydrogen) atoms. The van der Waals surface area contributed by atoms with E-state index in [-0.39, 0.29) is 23.8 Å². The number of rotatable bonds is 9. The van der Waals surface area contributed by atoms with Crippen LogP contribution >= 0.6 is 11.8 Å². The summed E-state index contributed by atoms with van der Waals surface area (Å²) >= 11 is 1.50. The van der Waals surface area contributed by atoms with Gasteiger partial charge in [-0.05, 0) is 56.2 Å². The van der Waals surface area contributed by atoms with Crippen LogP contribution in [0.1, 0.15) is 72.8 Å². The van der Waals surface area contributed by atoms with Gasteiger partial charge < -0.3 is 14.2 Å². The zero-order chi connectivity index (χ0) is 25.6. The van der Waals surface area contributed by atoms with Gasteiger partial charge in [0.2, 0.25) is 11.8 Å². The van der Waals surface area contributed by atoms with Gasteiger partial charge in [0.1, 0.15) is 5.82 Å². The van der Waals surface area contributed by atoms with Gasteiger partial charge in [-0.2, -0.15) is 0 Å². The summed E-state index contributed by atoms with van der Waals surface area (Å²) in [7, 11) is 0. The number of amides is 1. The molecule has 2 N–H and O–H groups in total. The minimum Gasteiger partial charge on any atom is -0.395 e. The van der Waals surface area contributed by atoms with Crippen molar-refractivity contribution in [1.82, 2.24) is 14.7 Å². The van der Waals surface area contributed by atoms with Crippen molar-refractivity contribution in [2.45, 2.75) is 89.3 Å². The highest BCUT2D eigenvalue weighted by Crippen LogP contribution is 2.37. The third kappa shape index (κ3) is 6.09. The van der Waals surface area contributed by atoms with Crippen molar-refractivity contribution in [3.63, 3.8) is 0 Å². The lowest BCUT2D eigenvalue weighted by Crippen LogP contribution is -2.33. The number of benzene rings is 1. The molecule has 0 unspecified atom stereocenters. The molecule has 0 saturated heterocycles. The topological polar surface area (TPSA) is 93.2 Å². The van der Waals surface area contributed by atoms with Gasteiger partial charge in [-0.25, -0.2) is 4.98 Å². The van der Waals surface area contributed by atoms with Crippen LogP contribution in [0.25, 0.3) is 11.0 Å². The second-order valence-corrected chi connectivity index (χ2v) is 13.9. The quantitative estimate of drug-likeness (QED) is 0.362. The lowest BCUT2D eigenvalue weighted by atomic mass is 9.91. The van der Waals surface area contributed by atoms with Crippen molar-refractivity contribution in [1.29, 1.82) is 0 Å². The van der Waals surface area contributed by atoms with Gasteiger partial charge in [0.05, 0.1) is 28.1 Å². The fraction of sp³-hybridized carbons (Fsp3) is 0.593. The molecular weight excluding hydrogens is 460 g/mol. The largest absolute Gasteiger partial charge is 0.395 e. The van der Waals surface area contributed by atoms with Crippen molar-refractivity contribution in [3.8, 4) is 0 Å². The molecule has 1 saturated carbocycles. The van der Waals surface area contributed by atoms with Crippen molar-refractivity contribution in [2.24, 2.45) is 11.3 Å². The molecule has 3 aromatic rings. The Bertz CT molecular complexity index is 1210. The SMILES string of the molecule is CC(C)(C)Cc1nc2cc(SC(C)(C)C(=O)Nc3cc(C(C)(C)CO)no3)ccc2n1CC1CC1. The summed E-state index contributed by atoms with van der Waals surface area (Å²) in [6.45, 7) is 15.2. The number of aliphatic hydroxyl groups is 1. The molecule has 2 heterocycles. The first-order valence-electron chi connectivity index (χ1n) is 12.4. The zero-order valence-electron chi connectivity index (χ0n) is 21.9. The number of anilines is 1. The summed E-state index contributed by atoms with van der Waals surface area (Å²) in [4.78, 5) is 19.1. The van der Waals surface area contributed by atoms with Gasteiger partial charge in [0.15, 0.2) is 0 Å². The number of fused-ring (bicyclic) bond motifs is 1. The molecule has 0 bridgehead atoms. The van der Waals surface area contributed by atoms with Crippen LogP contribution in [0.2, 0.25) is 0 Å². The summed E-state index contributed by atoms with van der Waals surface area (Å²) in [6.07, 6.45) is 3.53. The maximum absolute atomic E-state index is 13.1. The van der Waals surface area contributed by atoms with Crippen molar-refractivity contribution in [2.75, 3.05) is 11.9 Å². The van der Waals surface area contributed by atoms with Gasteiger partial charge in [0, 0.05) is 29.3 Å². The third-order valence-electron chi connectivity index (χ3n) is 6.38. The Morgan fingerprint density at radius 3 is 2.51 bits per heavy atom. The predicted octanol–water partition coefficient (Wildman–Crippen LogP) is 5.80. The molecule has 1 aliphatic rings. The van der Waals surface area contributed by atoms with Gasteiger partial charge >= 0.3 is 0 Å². The first-order chi connectivity index (χ1) is 16.3. The Morgan fingerprint density at radius 1 is 1.17 bits per heavy atom. The van der Waals surface area contributed by atoms with Crippen LogP contribution in [0.5, 0.6) is 0 Å². The number of carbonyl (C=O) groups is 1. The molecule has 0 radical (unpaired) electrons. The van der Waals surface area contributed by atoms with Crippen molar-refractivity contribution < 1.29 is 14.4 Å². The van der Waals surface area contributed by atoms with E-state index in [0.29, 0.717) is 5.69 Å². The number of thioether (sulfide) groups is 1. The fourth-order valence-electron chi connectivity index (χ4n) is 3.93. The minimum absolute atomic E-state index is 0.0649. The first kappa shape index (κ1) is 25.8. The van der Waals surface area contributed by atoms with E-state index in [4.69, 9.17) is 9.51 Å². The molecule has 1 aromatic carbocycles. The summed E-state index contributed by atoms with van der Waals surface area (Å²) in [5.74, 6) is 2.01. The summed E-state index contributed by atoms with van der Waals surface area (Å²) in [5.41, 5.74) is 2.37. The average Bonchev–Trinajstić information content (AvgIpc) is 3.34. The molecule has 1 aliphatic carbocycles. The van der Waals surface area contributed by atoms with Crippen LogP contribution in [0.15, 0.2) is 33.7 Å². The summed E-state index contributed by atoms with van der Waals surface area (Å²) < 4.78 is 6.95. The van der Waals surface area contributed by atoms with Crippen LogP contribution in [-0.2, 0) is 23.2 Å². The number of aliphatic hydroxyl groups excluding tert-OH is 1. The van der Waals surface area contributed by atoms with Crippen LogP contribution in [0, 0.1) is 11.3 Å². The molecule has 8 heteroatoms. The molecule has 0 atom stereocenters. The summed E-state index contributed by atoms with van der Waals surface area (Å²) in [5, 5.41) is 16.4. The van der Waals surface area contributed by atoms with E-state index >= 15 is 0 Å². The Kier molecular flexibility index (Phi) is 6.83. The van der Waals surface area contributed by atoms with E-state index < -0.39 is 10.2 Å². The van der Waals surface area contributed by atoms with Gasteiger partial charge in [0.25, 0.3) is 0 Å². The van der Waals surface area contributed by atoms with Crippen molar-refractivity contribution >= 4 is 34.6 Å². The predicted molar refractivity (Wildman–Crippen MR) is 141 cm³/mol. The number of nitrogens with one attached hydrogen (secondary N) is 1. The Labute approximate surface area is 212 Å². The molecular formula is C27H38N4O3S. The molecule has 1 fully saturated rings. The normalized spacial score (nSPS) is 15.1. The number of carbonyl (C=O) groups excluding carboxylic acids is 1. The van der Waals surface area contributed by atoms with E-state index in [1.807, 2.05) is 27.7 Å².